The second-order valence-corrected chi connectivity index (χ2v) is 33.5. The molecule has 39 nitrogen and oxygen atoms in total. The summed E-state index contributed by atoms with van der Waals surface area (Å²) < 4.78 is 61.0. The SMILES string of the molecule is CC(C)C1C[C@@H]2O[C@@]23[C@@]2(C)CCC4=C(COC4=O)C2CO[C@]3(C)[C@@H]1OC(=O)CCC(=O)NC(COCCC(=O)NCCCNC(=O)CCCC(=O)N[C@@H]1C[C@H](O)[C@@H](CO)OC1C)(COCCC(=O)NCCCNC(=O)CCCC(=O)N[C@H]1C(C)O[C@H](CO)[C@@H](O)[C@@H]1O)OCCC(=O)NCCCNC(=O)CCCC(=O)N[C@@H]1C[C@H](O)[C@@H](CO)OC1C. The van der Waals surface area contributed by atoms with Gasteiger partial charge in [0.05, 0.1) is 127 Å². The molecule has 10 amide bonds. The molecule has 6 aliphatic heterocycles. The number of epoxide rings is 1. The Bertz CT molecular complexity index is 3490. The summed E-state index contributed by atoms with van der Waals surface area (Å²) in [6, 6.07) is -1.88. The maximum atomic E-state index is 14.5. The highest BCUT2D eigenvalue weighted by Gasteiger charge is 2.84. The number of carbonyl (C=O) groups is 12. The van der Waals surface area contributed by atoms with E-state index in [1.165, 1.54) is 0 Å². The highest BCUT2D eigenvalue weighted by Crippen LogP contribution is 2.73. The number of rotatable bonds is 50. The molecule has 1 saturated carbocycles. The molecule has 0 aromatic carbocycles. The number of ether oxygens (including phenoxy) is 10. The van der Waals surface area contributed by atoms with Crippen molar-refractivity contribution in [3.8, 4) is 0 Å². The smallest absolute Gasteiger partial charge is 0.334 e. The zero-order chi connectivity index (χ0) is 87.5. The molecule has 0 aromatic rings. The number of aliphatic hydroxyl groups is 7. The molecule has 6 heterocycles. The van der Waals surface area contributed by atoms with Crippen LogP contribution in [0.15, 0.2) is 11.1 Å². The van der Waals surface area contributed by atoms with Crippen LogP contribution in [-0.4, -0.2) is 320 Å². The lowest BCUT2D eigenvalue weighted by atomic mass is 9.49. The molecule has 17 N–H and O–H groups in total. The maximum Gasteiger partial charge on any atom is 0.334 e. The van der Waals surface area contributed by atoms with Gasteiger partial charge in [-0.05, 0) is 110 Å². The summed E-state index contributed by atoms with van der Waals surface area (Å²) in [4.78, 5) is 158. The lowest BCUT2D eigenvalue weighted by Gasteiger charge is -2.60. The normalized spacial score (nSPS) is 30.9. The van der Waals surface area contributed by atoms with Gasteiger partial charge in [0, 0.05) is 120 Å². The van der Waals surface area contributed by atoms with Crippen molar-refractivity contribution in [1.29, 1.82) is 0 Å². The summed E-state index contributed by atoms with van der Waals surface area (Å²) in [5.41, 5.74) is -2.88. The standard InChI is InChI=1S/C81H132N10O29/c1-46(2)51-36-61-81(120-61)78(6)26-22-50-52(42-113-77(50)110)53(78)43-115-79(81,7)76(51)119-72(107)21-20-71(106)91-80(114-35-25-67(102)87-32-13-29-83-63(98)15-9-18-69(104)89-55-38-57(96)59(40-93)117-48(55)4,44-111-33-23-65(100)85-30-11-27-82-62(97)14-8-17-68(103)88-54-37-56(95)58(39-92)116-47(54)3)45-112-34-24-66(101)86-31-12-28-84-64(99)16-10-19-70(105)90-73-49(5)118-60(41-94)74(108)75(73)109/h46-49,51,53-61,73-76,92-96,108-109H,8-45H2,1-7H3,(H,82,97)(H,83,98)(H,84,99)(H,85,100)(H,86,101)(H,87,102)(H,88,103)(H,89,104)(H,90,105)(H,91,106)/t47?,48?,49?,51?,53?,54-,55-,56+,57+,58-,59-,60-,61+,73+,74-,75-,76-,78+,79-,80?,81-/m1/s1. The topological polar surface area (TPSA) is 562 Å². The van der Waals surface area contributed by atoms with Crippen LogP contribution in [0.3, 0.4) is 0 Å². The Morgan fingerprint density at radius 2 is 0.958 bits per heavy atom. The number of carbonyl (C=O) groups excluding carboxylic acids is 12. The molecule has 680 valence electrons. The van der Waals surface area contributed by atoms with Gasteiger partial charge in [0.25, 0.3) is 0 Å². The van der Waals surface area contributed by atoms with Gasteiger partial charge in [-0.2, -0.15) is 0 Å². The van der Waals surface area contributed by atoms with Crippen molar-refractivity contribution in [3.05, 3.63) is 11.1 Å². The van der Waals surface area contributed by atoms with Crippen LogP contribution in [0.1, 0.15) is 190 Å². The van der Waals surface area contributed by atoms with Gasteiger partial charge in [0.2, 0.25) is 59.1 Å². The number of esters is 2. The molecule has 8 rings (SSSR count). The van der Waals surface area contributed by atoms with Crippen molar-refractivity contribution < 1.29 is 141 Å². The second kappa shape index (κ2) is 47.0. The summed E-state index contributed by atoms with van der Waals surface area (Å²) >= 11 is 0. The summed E-state index contributed by atoms with van der Waals surface area (Å²) in [6.45, 7) is 11.4. The first-order valence-electron chi connectivity index (χ1n) is 42.7. The molecule has 2 aliphatic carbocycles. The van der Waals surface area contributed by atoms with Crippen molar-refractivity contribution >= 4 is 71.0 Å². The van der Waals surface area contributed by atoms with Crippen molar-refractivity contribution in [3.63, 3.8) is 0 Å². The molecule has 8 aliphatic rings. The first kappa shape index (κ1) is 98.2. The molecule has 1 spiro atoms. The maximum absolute atomic E-state index is 14.5. The Morgan fingerprint density at radius 3 is 1.43 bits per heavy atom. The second-order valence-electron chi connectivity index (χ2n) is 33.5. The fraction of sp³-hybridized carbons (Fsp3) is 0.827. The van der Waals surface area contributed by atoms with E-state index in [1.807, 2.05) is 20.8 Å². The molecular weight excluding hydrogens is 1580 g/mol. The Labute approximate surface area is 699 Å². The number of amides is 10. The number of fused-ring (bicyclic) bond motifs is 2. The van der Waals surface area contributed by atoms with Crippen LogP contribution in [0.4, 0.5) is 0 Å². The largest absolute Gasteiger partial charge is 0.459 e. The average molecular weight is 1710 g/mol. The van der Waals surface area contributed by atoms with Gasteiger partial charge in [-0.3, -0.25) is 52.7 Å². The van der Waals surface area contributed by atoms with Crippen LogP contribution >= 0.6 is 0 Å². The minimum atomic E-state index is -1.97. The van der Waals surface area contributed by atoms with Crippen LogP contribution in [0.5, 0.6) is 0 Å². The highest BCUT2D eigenvalue weighted by atomic mass is 16.7. The predicted octanol–water partition coefficient (Wildman–Crippen LogP) is -3.02. The van der Waals surface area contributed by atoms with Crippen molar-refractivity contribution in [2.24, 2.45) is 23.2 Å². The molecule has 120 heavy (non-hydrogen) atoms. The zero-order valence-electron chi connectivity index (χ0n) is 70.4. The molecule has 0 bridgehead atoms. The van der Waals surface area contributed by atoms with E-state index in [1.54, 1.807) is 20.8 Å². The number of hydrogen-bond donors (Lipinski definition) is 17. The monoisotopic (exact) mass is 1710 g/mol. The number of nitrogens with one attached hydrogen (secondary N) is 10. The van der Waals surface area contributed by atoms with Gasteiger partial charge in [-0.25, -0.2) is 4.79 Å². The first-order chi connectivity index (χ1) is 57.2. The quantitative estimate of drug-likeness (QED) is 0.0125. The predicted molar refractivity (Wildman–Crippen MR) is 422 cm³/mol. The van der Waals surface area contributed by atoms with E-state index in [2.05, 4.69) is 60.1 Å². The Hall–Kier alpha value is -7.22. The summed E-state index contributed by atoms with van der Waals surface area (Å²) in [6.07, 6.45) is -7.62. The van der Waals surface area contributed by atoms with Gasteiger partial charge >= 0.3 is 11.9 Å². The Balaban J connectivity index is 0.853. The summed E-state index contributed by atoms with van der Waals surface area (Å²) in [5.74, 6) is -5.66. The van der Waals surface area contributed by atoms with Crippen LogP contribution < -0.4 is 53.2 Å². The number of cyclic esters (lactones) is 1. The summed E-state index contributed by atoms with van der Waals surface area (Å²) in [5, 5.41) is 97.2. The molecule has 39 heteroatoms. The highest BCUT2D eigenvalue weighted by molar-refractivity contribution is 5.92. The average Bonchev–Trinajstić information content (AvgIpc) is 1.47. The molecule has 6 fully saturated rings. The molecule has 5 saturated heterocycles. The van der Waals surface area contributed by atoms with Gasteiger partial charge in [0.15, 0.2) is 5.72 Å². The van der Waals surface area contributed by atoms with E-state index < -0.39 is 176 Å². The van der Waals surface area contributed by atoms with Crippen molar-refractivity contribution in [2.45, 2.75) is 298 Å². The van der Waals surface area contributed by atoms with Crippen LogP contribution in [0.2, 0.25) is 0 Å². The van der Waals surface area contributed by atoms with Gasteiger partial charge < -0.3 is 136 Å². The molecule has 21 atom stereocenters. The van der Waals surface area contributed by atoms with E-state index >= 15 is 0 Å². The van der Waals surface area contributed by atoms with E-state index in [0.717, 1.165) is 5.57 Å². The van der Waals surface area contributed by atoms with Crippen molar-refractivity contribution in [2.75, 3.05) is 105 Å². The molecule has 0 aromatic heterocycles. The van der Waals surface area contributed by atoms with Crippen LogP contribution in [0, 0.1) is 23.2 Å². The fourth-order valence-electron chi connectivity index (χ4n) is 17.5. The van der Waals surface area contributed by atoms with E-state index in [4.69, 9.17) is 47.4 Å². The van der Waals surface area contributed by atoms with Gasteiger partial charge in [-0.15, -0.1) is 0 Å². The molecule has 0 radical (unpaired) electrons. The third kappa shape index (κ3) is 27.1. The fourth-order valence-corrected chi connectivity index (χ4v) is 17.5. The Kier molecular flexibility index (Phi) is 38.5. The van der Waals surface area contributed by atoms with Gasteiger partial charge in [-0.1, -0.05) is 20.8 Å². The number of hydrogen-bond acceptors (Lipinski definition) is 29. The van der Waals surface area contributed by atoms with Crippen LogP contribution in [0.25, 0.3) is 0 Å². The number of aliphatic hydroxyl groups excluding tert-OH is 7. The van der Waals surface area contributed by atoms with Gasteiger partial charge in [0.1, 0.15) is 54.4 Å². The van der Waals surface area contributed by atoms with Crippen LogP contribution in [-0.2, 0) is 105 Å². The van der Waals surface area contributed by atoms with Crippen molar-refractivity contribution in [1.82, 2.24) is 53.2 Å². The van der Waals surface area contributed by atoms with E-state index in [-0.39, 0.29) is 235 Å². The van der Waals surface area contributed by atoms with E-state index in [9.17, 15) is 93.3 Å². The van der Waals surface area contributed by atoms with E-state index in [0.29, 0.717) is 44.1 Å². The third-order valence-corrected chi connectivity index (χ3v) is 24.5. The summed E-state index contributed by atoms with van der Waals surface area (Å²) in [7, 11) is 0. The lowest BCUT2D eigenvalue weighted by Crippen LogP contribution is -2.72. The molecular formula is C81H132N10O29. The zero-order valence-corrected chi connectivity index (χ0v) is 70.4. The minimum Gasteiger partial charge on any atom is -0.459 e. The first-order valence-corrected chi connectivity index (χ1v) is 42.7. The lowest BCUT2D eigenvalue weighted by molar-refractivity contribution is -0.261. The Morgan fingerprint density at radius 1 is 0.517 bits per heavy atom. The third-order valence-electron chi connectivity index (χ3n) is 24.5. The minimum absolute atomic E-state index is 0.00195. The molecule has 6 unspecified atom stereocenters.